The number of ether oxygens (including phenoxy) is 2. The largest absolute Gasteiger partial charge is 0.489 e. The number of carbonyl (C=O) groups is 1. The first-order valence-corrected chi connectivity index (χ1v) is 9.08. The van der Waals surface area contributed by atoms with E-state index in [-0.39, 0.29) is 5.57 Å². The molecule has 2 aromatic carbocycles. The zero-order chi connectivity index (χ0) is 19.1. The third-order valence-corrected chi connectivity index (χ3v) is 4.32. The topological polar surface area (TPSA) is 71.3 Å². The summed E-state index contributed by atoms with van der Waals surface area (Å²) in [5.74, 6) is 0.599. The van der Waals surface area contributed by atoms with E-state index in [0.717, 1.165) is 12.0 Å². The van der Waals surface area contributed by atoms with Crippen molar-refractivity contribution < 1.29 is 14.3 Å². The zero-order valence-corrected chi connectivity index (χ0v) is 15.5. The molecule has 0 bridgehead atoms. The zero-order valence-electron chi connectivity index (χ0n) is 14.7. The Morgan fingerprint density at radius 3 is 2.78 bits per heavy atom. The molecule has 0 aromatic heterocycles. The van der Waals surface area contributed by atoms with E-state index >= 15 is 0 Å². The summed E-state index contributed by atoms with van der Waals surface area (Å²) in [6.45, 7) is 1.51. The van der Waals surface area contributed by atoms with Gasteiger partial charge in [-0.25, -0.2) is 0 Å². The van der Waals surface area contributed by atoms with E-state index < -0.39 is 5.91 Å². The SMILES string of the molecule is N#C/C(=C\c1cc(Cl)c2c(c1)OCCCO2)C(=O)NCCc1ccccc1. The van der Waals surface area contributed by atoms with Crippen LogP contribution in [0.1, 0.15) is 17.5 Å². The first-order valence-electron chi connectivity index (χ1n) is 8.70. The minimum atomic E-state index is -0.420. The number of amides is 1. The van der Waals surface area contributed by atoms with Crippen LogP contribution in [0.25, 0.3) is 6.08 Å². The monoisotopic (exact) mass is 382 g/mol. The van der Waals surface area contributed by atoms with Gasteiger partial charge >= 0.3 is 0 Å². The minimum Gasteiger partial charge on any atom is -0.489 e. The summed E-state index contributed by atoms with van der Waals surface area (Å²) in [7, 11) is 0. The number of hydrogen-bond acceptors (Lipinski definition) is 4. The highest BCUT2D eigenvalue weighted by molar-refractivity contribution is 6.32. The Labute approximate surface area is 163 Å². The average molecular weight is 383 g/mol. The van der Waals surface area contributed by atoms with E-state index in [9.17, 15) is 10.1 Å². The number of nitrogens with one attached hydrogen (secondary N) is 1. The van der Waals surface area contributed by atoms with Gasteiger partial charge in [0, 0.05) is 13.0 Å². The van der Waals surface area contributed by atoms with Crippen LogP contribution in [0, 0.1) is 11.3 Å². The molecule has 1 aliphatic heterocycles. The van der Waals surface area contributed by atoms with E-state index in [0.29, 0.717) is 48.3 Å². The van der Waals surface area contributed by atoms with Gasteiger partial charge < -0.3 is 14.8 Å². The summed E-state index contributed by atoms with van der Waals surface area (Å²) in [5.41, 5.74) is 1.74. The molecule has 0 saturated heterocycles. The minimum absolute atomic E-state index is 0.00798. The van der Waals surface area contributed by atoms with Gasteiger partial charge in [0.05, 0.1) is 18.2 Å². The summed E-state index contributed by atoms with van der Waals surface area (Å²) in [6.07, 6.45) is 2.96. The molecule has 3 rings (SSSR count). The highest BCUT2D eigenvalue weighted by atomic mass is 35.5. The van der Waals surface area contributed by atoms with Crippen LogP contribution >= 0.6 is 11.6 Å². The van der Waals surface area contributed by atoms with Crippen LogP contribution < -0.4 is 14.8 Å². The third-order valence-electron chi connectivity index (χ3n) is 4.04. The van der Waals surface area contributed by atoms with Crippen LogP contribution in [0.2, 0.25) is 5.02 Å². The second-order valence-electron chi connectivity index (χ2n) is 6.04. The number of nitriles is 1. The quantitative estimate of drug-likeness (QED) is 0.631. The molecule has 5 nitrogen and oxygen atoms in total. The molecule has 138 valence electrons. The molecular formula is C21H19ClN2O3. The lowest BCUT2D eigenvalue weighted by Crippen LogP contribution is -2.26. The Balaban J connectivity index is 1.70. The maximum absolute atomic E-state index is 12.3. The van der Waals surface area contributed by atoms with Gasteiger partial charge in [0.2, 0.25) is 0 Å². The Morgan fingerprint density at radius 2 is 2.00 bits per heavy atom. The van der Waals surface area contributed by atoms with E-state index in [4.69, 9.17) is 21.1 Å². The molecule has 1 heterocycles. The molecule has 0 saturated carbocycles. The van der Waals surface area contributed by atoms with Crippen molar-refractivity contribution in [1.82, 2.24) is 5.32 Å². The van der Waals surface area contributed by atoms with Crippen LogP contribution in [0.3, 0.4) is 0 Å². The fraction of sp³-hybridized carbons (Fsp3) is 0.238. The lowest BCUT2D eigenvalue weighted by molar-refractivity contribution is -0.117. The van der Waals surface area contributed by atoms with Crippen molar-refractivity contribution in [2.45, 2.75) is 12.8 Å². The van der Waals surface area contributed by atoms with Crippen molar-refractivity contribution in [3.05, 3.63) is 64.2 Å². The predicted octanol–water partition coefficient (Wildman–Crippen LogP) is 3.77. The van der Waals surface area contributed by atoms with Gasteiger partial charge in [-0.1, -0.05) is 41.9 Å². The molecule has 0 radical (unpaired) electrons. The fourth-order valence-electron chi connectivity index (χ4n) is 2.71. The molecule has 1 aliphatic rings. The predicted molar refractivity (Wildman–Crippen MR) is 104 cm³/mol. The van der Waals surface area contributed by atoms with Gasteiger partial charge in [-0.2, -0.15) is 5.26 Å². The molecule has 1 amide bonds. The van der Waals surface area contributed by atoms with E-state index in [1.54, 1.807) is 12.1 Å². The number of rotatable bonds is 5. The summed E-state index contributed by atoms with van der Waals surface area (Å²) in [4.78, 5) is 12.3. The molecule has 0 spiro atoms. The highest BCUT2D eigenvalue weighted by Crippen LogP contribution is 2.38. The van der Waals surface area contributed by atoms with Crippen LogP contribution in [0.4, 0.5) is 0 Å². The Hall–Kier alpha value is -2.97. The number of benzene rings is 2. The van der Waals surface area contributed by atoms with Gasteiger partial charge in [-0.05, 0) is 35.8 Å². The Bertz CT molecular complexity index is 888. The molecule has 27 heavy (non-hydrogen) atoms. The van der Waals surface area contributed by atoms with Gasteiger partial charge in [0.1, 0.15) is 11.6 Å². The Kier molecular flexibility index (Phi) is 6.35. The molecule has 0 fully saturated rings. The second-order valence-corrected chi connectivity index (χ2v) is 6.45. The molecule has 0 unspecified atom stereocenters. The molecular weight excluding hydrogens is 364 g/mol. The smallest absolute Gasteiger partial charge is 0.261 e. The van der Waals surface area contributed by atoms with Gasteiger partial charge in [-0.3, -0.25) is 4.79 Å². The van der Waals surface area contributed by atoms with Crippen LogP contribution in [0.5, 0.6) is 11.5 Å². The lowest BCUT2D eigenvalue weighted by Gasteiger charge is -2.10. The maximum Gasteiger partial charge on any atom is 0.261 e. The van der Waals surface area contributed by atoms with Crippen molar-refractivity contribution in [1.29, 1.82) is 5.26 Å². The van der Waals surface area contributed by atoms with Crippen molar-refractivity contribution in [2.75, 3.05) is 19.8 Å². The second kappa shape index (κ2) is 9.11. The molecule has 0 aliphatic carbocycles. The first-order chi connectivity index (χ1) is 13.2. The molecule has 2 aromatic rings. The molecule has 1 N–H and O–H groups in total. The highest BCUT2D eigenvalue weighted by Gasteiger charge is 2.16. The summed E-state index contributed by atoms with van der Waals surface area (Å²) in [6, 6.07) is 15.2. The number of halogens is 1. The first kappa shape index (κ1) is 18.8. The van der Waals surface area contributed by atoms with Gasteiger partial charge in [0.15, 0.2) is 11.5 Å². The maximum atomic E-state index is 12.3. The number of hydrogen-bond donors (Lipinski definition) is 1. The van der Waals surface area contributed by atoms with Crippen LogP contribution in [-0.4, -0.2) is 25.7 Å². The number of fused-ring (bicyclic) bond motifs is 1. The van der Waals surface area contributed by atoms with Crippen LogP contribution in [-0.2, 0) is 11.2 Å². The van der Waals surface area contributed by atoms with Crippen LogP contribution in [0.15, 0.2) is 48.0 Å². The van der Waals surface area contributed by atoms with Crippen molar-refractivity contribution in [3.8, 4) is 17.6 Å². The normalized spacial score (nSPS) is 13.4. The van der Waals surface area contributed by atoms with Crippen molar-refractivity contribution in [2.24, 2.45) is 0 Å². The summed E-state index contributed by atoms with van der Waals surface area (Å²) in [5, 5.41) is 12.5. The van der Waals surface area contributed by atoms with Gasteiger partial charge in [-0.15, -0.1) is 0 Å². The summed E-state index contributed by atoms with van der Waals surface area (Å²) >= 11 is 6.26. The van der Waals surface area contributed by atoms with E-state index in [2.05, 4.69) is 5.32 Å². The number of carbonyl (C=O) groups excluding carboxylic acids is 1. The Morgan fingerprint density at radius 1 is 1.22 bits per heavy atom. The van der Waals surface area contributed by atoms with Crippen molar-refractivity contribution >= 4 is 23.6 Å². The fourth-order valence-corrected chi connectivity index (χ4v) is 2.98. The van der Waals surface area contributed by atoms with Gasteiger partial charge in [0.25, 0.3) is 5.91 Å². The van der Waals surface area contributed by atoms with E-state index in [1.165, 1.54) is 6.08 Å². The third kappa shape index (κ3) is 5.02. The lowest BCUT2D eigenvalue weighted by atomic mass is 10.1. The van der Waals surface area contributed by atoms with Crippen molar-refractivity contribution in [3.63, 3.8) is 0 Å². The summed E-state index contributed by atoms with van der Waals surface area (Å²) < 4.78 is 11.2. The molecule has 0 atom stereocenters. The molecule has 6 heteroatoms. The average Bonchev–Trinajstić information content (AvgIpc) is 2.93. The van der Waals surface area contributed by atoms with E-state index in [1.807, 2.05) is 36.4 Å². The number of nitrogens with zero attached hydrogens (tertiary/aromatic N) is 1. The standard InChI is InChI=1S/C21H19ClN2O3/c22-18-12-16(13-19-20(18)27-10-4-9-26-19)11-17(14-23)21(25)24-8-7-15-5-2-1-3-6-15/h1-3,5-6,11-13H,4,7-10H2,(H,24,25)/b17-11+.